The summed E-state index contributed by atoms with van der Waals surface area (Å²) in [5.41, 5.74) is 0.708. The molecule has 1 N–H and O–H groups in total. The van der Waals surface area contributed by atoms with Crippen LogP contribution in [0.15, 0.2) is 18.2 Å². The molecule has 0 aliphatic heterocycles. The first-order chi connectivity index (χ1) is 9.63. The van der Waals surface area contributed by atoms with E-state index in [1.807, 2.05) is 6.07 Å². The van der Waals surface area contributed by atoms with Crippen LogP contribution in [0.4, 0.5) is 11.4 Å². The molecule has 0 amide bonds. The van der Waals surface area contributed by atoms with E-state index in [0.717, 1.165) is 25.7 Å². The number of nitro benzene ring substituents is 1. The SMILES string of the molecule is COC1CCCC(Nc2ccc(C#N)cc2[N+](=O)[O-])C1. The number of benzene rings is 1. The van der Waals surface area contributed by atoms with Gasteiger partial charge in [-0.05, 0) is 37.8 Å². The molecular weight excluding hydrogens is 258 g/mol. The zero-order chi connectivity index (χ0) is 14.5. The van der Waals surface area contributed by atoms with Crippen molar-refractivity contribution in [1.82, 2.24) is 0 Å². The number of nitrogens with zero attached hydrogens (tertiary/aromatic N) is 2. The van der Waals surface area contributed by atoms with Gasteiger partial charge in [-0.1, -0.05) is 0 Å². The largest absolute Gasteiger partial charge is 0.381 e. The third-order valence-corrected chi connectivity index (χ3v) is 3.64. The topological polar surface area (TPSA) is 88.2 Å². The number of nitriles is 1. The van der Waals surface area contributed by atoms with Gasteiger partial charge < -0.3 is 10.1 Å². The van der Waals surface area contributed by atoms with Crippen LogP contribution in [0.3, 0.4) is 0 Å². The predicted molar refractivity (Wildman–Crippen MR) is 74.5 cm³/mol. The first-order valence-electron chi connectivity index (χ1n) is 6.62. The molecule has 2 rings (SSSR count). The van der Waals surface area contributed by atoms with Crippen LogP contribution >= 0.6 is 0 Å². The van der Waals surface area contributed by atoms with Gasteiger partial charge in [-0.2, -0.15) is 5.26 Å². The van der Waals surface area contributed by atoms with Crippen LogP contribution in [0.2, 0.25) is 0 Å². The van der Waals surface area contributed by atoms with Crippen LogP contribution in [-0.2, 0) is 4.74 Å². The van der Waals surface area contributed by atoms with Crippen molar-refractivity contribution >= 4 is 11.4 Å². The van der Waals surface area contributed by atoms with Gasteiger partial charge in [-0.15, -0.1) is 0 Å². The van der Waals surface area contributed by atoms with Crippen LogP contribution in [0.25, 0.3) is 0 Å². The standard InChI is InChI=1S/C14H17N3O3/c1-20-12-4-2-3-11(8-12)16-13-6-5-10(9-15)7-14(13)17(18)19/h5-7,11-12,16H,2-4,8H2,1H3. The summed E-state index contributed by atoms with van der Waals surface area (Å²) in [6.07, 6.45) is 4.09. The molecule has 1 aliphatic rings. The van der Waals surface area contributed by atoms with E-state index in [0.29, 0.717) is 11.3 Å². The van der Waals surface area contributed by atoms with E-state index in [-0.39, 0.29) is 17.8 Å². The number of ether oxygens (including phenoxy) is 1. The van der Waals surface area contributed by atoms with Crippen LogP contribution in [0.5, 0.6) is 0 Å². The molecule has 1 aromatic carbocycles. The highest BCUT2D eigenvalue weighted by atomic mass is 16.6. The lowest BCUT2D eigenvalue weighted by Gasteiger charge is -2.29. The molecule has 0 spiro atoms. The first-order valence-corrected chi connectivity index (χ1v) is 6.62. The number of rotatable bonds is 4. The van der Waals surface area contributed by atoms with Gasteiger partial charge in [0.1, 0.15) is 5.69 Å². The van der Waals surface area contributed by atoms with Gasteiger partial charge in [0, 0.05) is 19.2 Å². The molecule has 6 nitrogen and oxygen atoms in total. The molecule has 0 saturated heterocycles. The zero-order valence-corrected chi connectivity index (χ0v) is 11.3. The normalized spacial score (nSPS) is 22.0. The van der Waals surface area contributed by atoms with Crippen molar-refractivity contribution in [3.05, 3.63) is 33.9 Å². The summed E-state index contributed by atoms with van der Waals surface area (Å²) in [5.74, 6) is 0. The average molecular weight is 275 g/mol. The Bertz CT molecular complexity index is 539. The number of hydrogen-bond donors (Lipinski definition) is 1. The van der Waals surface area contributed by atoms with Crippen molar-refractivity contribution in [2.45, 2.75) is 37.8 Å². The lowest BCUT2D eigenvalue weighted by molar-refractivity contribution is -0.384. The Hall–Kier alpha value is -2.13. The van der Waals surface area contributed by atoms with Crippen LogP contribution in [-0.4, -0.2) is 24.2 Å². The smallest absolute Gasteiger partial charge is 0.293 e. The van der Waals surface area contributed by atoms with Crippen molar-refractivity contribution in [2.75, 3.05) is 12.4 Å². The minimum absolute atomic E-state index is 0.0522. The number of anilines is 1. The number of nitro groups is 1. The lowest BCUT2D eigenvalue weighted by atomic mass is 9.92. The fraction of sp³-hybridized carbons (Fsp3) is 0.500. The molecule has 0 radical (unpaired) electrons. The Morgan fingerprint density at radius 1 is 1.50 bits per heavy atom. The first kappa shape index (κ1) is 14.3. The maximum absolute atomic E-state index is 11.1. The summed E-state index contributed by atoms with van der Waals surface area (Å²) in [4.78, 5) is 10.6. The van der Waals surface area contributed by atoms with E-state index in [2.05, 4.69) is 5.32 Å². The summed E-state index contributed by atoms with van der Waals surface area (Å²) in [6, 6.07) is 6.58. The van der Waals surface area contributed by atoms with E-state index < -0.39 is 4.92 Å². The molecule has 1 saturated carbocycles. The summed E-state index contributed by atoms with van der Waals surface area (Å²) in [7, 11) is 1.69. The van der Waals surface area contributed by atoms with Crippen molar-refractivity contribution in [1.29, 1.82) is 5.26 Å². The van der Waals surface area contributed by atoms with E-state index in [1.165, 1.54) is 6.07 Å². The zero-order valence-electron chi connectivity index (χ0n) is 11.3. The Kier molecular flexibility index (Phi) is 4.53. The van der Waals surface area contributed by atoms with Crippen LogP contribution in [0.1, 0.15) is 31.2 Å². The van der Waals surface area contributed by atoms with E-state index >= 15 is 0 Å². The van der Waals surface area contributed by atoms with Crippen molar-refractivity contribution in [2.24, 2.45) is 0 Å². The van der Waals surface area contributed by atoms with Gasteiger partial charge in [0.15, 0.2) is 0 Å². The van der Waals surface area contributed by atoms with E-state index in [9.17, 15) is 10.1 Å². The monoisotopic (exact) mass is 275 g/mol. The predicted octanol–water partition coefficient (Wildman–Crippen LogP) is 2.84. The number of nitrogens with one attached hydrogen (secondary N) is 1. The van der Waals surface area contributed by atoms with E-state index in [4.69, 9.17) is 10.00 Å². The maximum atomic E-state index is 11.1. The Morgan fingerprint density at radius 2 is 2.30 bits per heavy atom. The second-order valence-electron chi connectivity index (χ2n) is 4.97. The highest BCUT2D eigenvalue weighted by molar-refractivity contribution is 5.64. The van der Waals surface area contributed by atoms with Crippen molar-refractivity contribution in [3.63, 3.8) is 0 Å². The minimum Gasteiger partial charge on any atom is -0.381 e. The van der Waals surface area contributed by atoms with Crippen LogP contribution < -0.4 is 5.32 Å². The van der Waals surface area contributed by atoms with Gasteiger partial charge in [0.05, 0.1) is 22.7 Å². The summed E-state index contributed by atoms with van der Waals surface area (Å²) < 4.78 is 5.36. The molecule has 0 heterocycles. The number of methoxy groups -OCH3 is 1. The quantitative estimate of drug-likeness (QED) is 0.674. The number of hydrogen-bond acceptors (Lipinski definition) is 5. The van der Waals surface area contributed by atoms with Crippen LogP contribution in [0, 0.1) is 21.4 Å². The molecular formula is C14H17N3O3. The summed E-state index contributed by atoms with van der Waals surface area (Å²) >= 11 is 0. The average Bonchev–Trinajstić information content (AvgIpc) is 2.47. The fourth-order valence-corrected chi connectivity index (χ4v) is 2.58. The molecule has 2 unspecified atom stereocenters. The van der Waals surface area contributed by atoms with Gasteiger partial charge in [-0.25, -0.2) is 0 Å². The highest BCUT2D eigenvalue weighted by Crippen LogP contribution is 2.29. The third-order valence-electron chi connectivity index (χ3n) is 3.64. The van der Waals surface area contributed by atoms with Gasteiger partial charge in [-0.3, -0.25) is 10.1 Å². The van der Waals surface area contributed by atoms with Crippen molar-refractivity contribution < 1.29 is 9.66 Å². The van der Waals surface area contributed by atoms with Gasteiger partial charge >= 0.3 is 0 Å². The van der Waals surface area contributed by atoms with Gasteiger partial charge in [0.2, 0.25) is 0 Å². The molecule has 1 aliphatic carbocycles. The molecule has 0 bridgehead atoms. The minimum atomic E-state index is -0.459. The molecule has 20 heavy (non-hydrogen) atoms. The Labute approximate surface area is 117 Å². The highest BCUT2D eigenvalue weighted by Gasteiger charge is 2.24. The van der Waals surface area contributed by atoms with E-state index in [1.54, 1.807) is 19.2 Å². The second-order valence-corrected chi connectivity index (χ2v) is 4.97. The summed E-state index contributed by atoms with van der Waals surface area (Å²) in [5, 5.41) is 23.1. The Morgan fingerprint density at radius 3 is 2.95 bits per heavy atom. The molecule has 1 fully saturated rings. The molecule has 106 valence electrons. The molecule has 0 aromatic heterocycles. The Balaban J connectivity index is 2.16. The summed E-state index contributed by atoms with van der Waals surface area (Å²) in [6.45, 7) is 0. The lowest BCUT2D eigenvalue weighted by Crippen LogP contribution is -2.31. The molecule has 1 aromatic rings. The van der Waals surface area contributed by atoms with Crippen molar-refractivity contribution in [3.8, 4) is 6.07 Å². The fourth-order valence-electron chi connectivity index (χ4n) is 2.58. The van der Waals surface area contributed by atoms with Gasteiger partial charge in [0.25, 0.3) is 5.69 Å². The third kappa shape index (κ3) is 3.25. The maximum Gasteiger partial charge on any atom is 0.293 e. The molecule has 2 atom stereocenters. The second kappa shape index (κ2) is 6.35. The molecule has 6 heteroatoms.